The summed E-state index contributed by atoms with van der Waals surface area (Å²) in [6, 6.07) is 9.87. The topological polar surface area (TPSA) is 73.2 Å². The molecule has 0 unspecified atom stereocenters. The number of nitrogens with zero attached hydrogens (tertiary/aromatic N) is 2. The Morgan fingerprint density at radius 3 is 2.56 bits per heavy atom. The summed E-state index contributed by atoms with van der Waals surface area (Å²) in [5.74, 6) is -0.662. The largest absolute Gasteiger partial charge is 0.453 e. The molecule has 0 bridgehead atoms. The van der Waals surface area contributed by atoms with Crippen LogP contribution in [0.3, 0.4) is 0 Å². The zero-order valence-corrected chi connectivity index (χ0v) is 15.2. The van der Waals surface area contributed by atoms with Crippen LogP contribution in [0.5, 0.6) is 0 Å². The number of carbonyl (C=O) groups excluding carboxylic acids is 2. The van der Waals surface area contributed by atoms with Crippen molar-refractivity contribution >= 4 is 11.9 Å². The van der Waals surface area contributed by atoms with E-state index in [1.165, 1.54) is 0 Å². The fourth-order valence-corrected chi connectivity index (χ4v) is 2.71. The van der Waals surface area contributed by atoms with Crippen LogP contribution in [0.25, 0.3) is 5.69 Å². The summed E-state index contributed by atoms with van der Waals surface area (Å²) in [7, 11) is 0. The highest BCUT2D eigenvalue weighted by Gasteiger charge is 2.18. The quantitative estimate of drug-likeness (QED) is 0.784. The monoisotopic (exact) mass is 343 g/mol. The van der Waals surface area contributed by atoms with Crippen molar-refractivity contribution in [3.8, 4) is 5.69 Å². The summed E-state index contributed by atoms with van der Waals surface area (Å²) in [6.45, 7) is 7.84. The van der Waals surface area contributed by atoms with E-state index in [0.717, 1.165) is 22.6 Å². The van der Waals surface area contributed by atoms with Gasteiger partial charge >= 0.3 is 5.97 Å². The molecule has 2 rings (SSSR count). The molecular formula is C19H25N3O3. The van der Waals surface area contributed by atoms with Gasteiger partial charge < -0.3 is 10.1 Å². The molecule has 1 aromatic heterocycles. The van der Waals surface area contributed by atoms with Crippen molar-refractivity contribution in [1.82, 2.24) is 15.1 Å². The van der Waals surface area contributed by atoms with Gasteiger partial charge in [0, 0.05) is 18.7 Å². The van der Waals surface area contributed by atoms with Gasteiger partial charge in [-0.15, -0.1) is 0 Å². The Kier molecular flexibility index (Phi) is 6.33. The molecule has 1 N–H and O–H groups in total. The summed E-state index contributed by atoms with van der Waals surface area (Å²) in [6.07, 6.45) is -0.0288. The van der Waals surface area contributed by atoms with E-state index in [1.54, 1.807) is 6.92 Å². The number of aromatic nitrogens is 2. The molecule has 1 atom stereocenters. The summed E-state index contributed by atoms with van der Waals surface area (Å²) < 4.78 is 7.06. The van der Waals surface area contributed by atoms with Gasteiger partial charge in [0.15, 0.2) is 6.10 Å². The van der Waals surface area contributed by atoms with E-state index < -0.39 is 6.10 Å². The minimum absolute atomic E-state index is 0.214. The number of nitrogens with one attached hydrogen (secondary N) is 1. The van der Waals surface area contributed by atoms with Crippen molar-refractivity contribution < 1.29 is 14.3 Å². The molecular weight excluding hydrogens is 318 g/mol. The average molecular weight is 343 g/mol. The molecule has 0 aliphatic heterocycles. The van der Waals surface area contributed by atoms with Crippen molar-refractivity contribution in [1.29, 1.82) is 0 Å². The predicted octanol–water partition coefficient (Wildman–Crippen LogP) is 2.49. The van der Waals surface area contributed by atoms with E-state index in [1.807, 2.05) is 55.8 Å². The van der Waals surface area contributed by atoms with E-state index in [2.05, 4.69) is 10.4 Å². The van der Waals surface area contributed by atoms with Crippen LogP contribution in [-0.2, 0) is 20.7 Å². The number of hydrogen-bond donors (Lipinski definition) is 1. The molecule has 0 radical (unpaired) electrons. The van der Waals surface area contributed by atoms with Gasteiger partial charge in [-0.1, -0.05) is 18.2 Å². The number of ether oxygens (including phenoxy) is 1. The average Bonchev–Trinajstić information content (AvgIpc) is 2.88. The fourth-order valence-electron chi connectivity index (χ4n) is 2.71. The highest BCUT2D eigenvalue weighted by Crippen LogP contribution is 2.19. The molecule has 0 aliphatic rings. The number of rotatable bonds is 7. The molecule has 1 amide bonds. The van der Waals surface area contributed by atoms with E-state index in [4.69, 9.17) is 4.74 Å². The number of benzene rings is 1. The lowest BCUT2D eigenvalue weighted by Gasteiger charge is -2.12. The van der Waals surface area contributed by atoms with Crippen LogP contribution >= 0.6 is 0 Å². The minimum Gasteiger partial charge on any atom is -0.453 e. The summed E-state index contributed by atoms with van der Waals surface area (Å²) >= 11 is 0. The van der Waals surface area contributed by atoms with Crippen molar-refractivity contribution in [2.24, 2.45) is 0 Å². The zero-order chi connectivity index (χ0) is 18.4. The Labute approximate surface area is 148 Å². The van der Waals surface area contributed by atoms with Gasteiger partial charge in [-0.3, -0.25) is 9.59 Å². The number of carbonyl (C=O) groups is 2. The molecule has 134 valence electrons. The maximum absolute atomic E-state index is 12.0. The van der Waals surface area contributed by atoms with Crippen molar-refractivity contribution in [3.63, 3.8) is 0 Å². The first-order valence-electron chi connectivity index (χ1n) is 8.51. The third-order valence-electron chi connectivity index (χ3n) is 4.05. The van der Waals surface area contributed by atoms with Crippen LogP contribution in [0.15, 0.2) is 30.3 Å². The van der Waals surface area contributed by atoms with Crippen molar-refractivity contribution in [2.75, 3.05) is 6.54 Å². The smallest absolute Gasteiger partial charge is 0.306 e. The van der Waals surface area contributed by atoms with Crippen LogP contribution < -0.4 is 5.32 Å². The van der Waals surface area contributed by atoms with Gasteiger partial charge in [0.2, 0.25) is 0 Å². The number of esters is 1. The Bertz CT molecular complexity index is 738. The second kappa shape index (κ2) is 8.46. The number of para-hydroxylation sites is 1. The van der Waals surface area contributed by atoms with E-state index in [0.29, 0.717) is 13.0 Å². The second-order valence-corrected chi connectivity index (χ2v) is 5.92. The molecule has 0 fully saturated rings. The molecule has 6 heteroatoms. The molecule has 0 spiro atoms. The van der Waals surface area contributed by atoms with Crippen LogP contribution in [-0.4, -0.2) is 34.3 Å². The molecule has 2 aromatic rings. The van der Waals surface area contributed by atoms with Gasteiger partial charge in [0.05, 0.1) is 11.4 Å². The van der Waals surface area contributed by atoms with Crippen LogP contribution in [0.1, 0.15) is 37.2 Å². The maximum atomic E-state index is 12.0. The standard InChI is InChI=1S/C19H25N3O3/c1-5-20-19(24)15(4)25-18(23)12-11-17-13(2)21-22(14(17)3)16-9-7-6-8-10-16/h6-10,15H,5,11-12H2,1-4H3,(H,20,24)/t15-/m0/s1. The Balaban J connectivity index is 2.01. The SMILES string of the molecule is CCNC(=O)[C@H](C)OC(=O)CCc1c(C)nn(-c2ccccc2)c1C. The third kappa shape index (κ3) is 4.68. The fraction of sp³-hybridized carbons (Fsp3) is 0.421. The minimum atomic E-state index is -0.776. The predicted molar refractivity (Wildman–Crippen MR) is 95.6 cm³/mol. The summed E-state index contributed by atoms with van der Waals surface area (Å²) in [5.41, 5.74) is 3.92. The van der Waals surface area contributed by atoms with Gasteiger partial charge in [-0.2, -0.15) is 5.10 Å². The molecule has 0 saturated heterocycles. The second-order valence-electron chi connectivity index (χ2n) is 5.92. The molecule has 1 heterocycles. The van der Waals surface area contributed by atoms with E-state index in [-0.39, 0.29) is 18.3 Å². The maximum Gasteiger partial charge on any atom is 0.306 e. The van der Waals surface area contributed by atoms with Crippen molar-refractivity contribution in [3.05, 3.63) is 47.3 Å². The van der Waals surface area contributed by atoms with Gasteiger partial charge in [-0.25, -0.2) is 4.68 Å². The molecule has 0 aliphatic carbocycles. The van der Waals surface area contributed by atoms with Crippen LogP contribution in [0, 0.1) is 13.8 Å². The molecule has 6 nitrogen and oxygen atoms in total. The molecule has 25 heavy (non-hydrogen) atoms. The van der Waals surface area contributed by atoms with Crippen LogP contribution in [0.4, 0.5) is 0 Å². The molecule has 0 saturated carbocycles. The van der Waals surface area contributed by atoms with Gasteiger partial charge in [-0.05, 0) is 51.8 Å². The third-order valence-corrected chi connectivity index (χ3v) is 4.05. The normalized spacial score (nSPS) is 11.8. The van der Waals surface area contributed by atoms with Gasteiger partial charge in [0.1, 0.15) is 0 Å². The number of aryl methyl sites for hydroxylation is 1. The van der Waals surface area contributed by atoms with Crippen LogP contribution in [0.2, 0.25) is 0 Å². The lowest BCUT2D eigenvalue weighted by molar-refractivity contribution is -0.154. The molecule has 1 aromatic carbocycles. The Morgan fingerprint density at radius 1 is 1.24 bits per heavy atom. The zero-order valence-electron chi connectivity index (χ0n) is 15.2. The first kappa shape index (κ1) is 18.7. The lowest BCUT2D eigenvalue weighted by Crippen LogP contribution is -2.35. The highest BCUT2D eigenvalue weighted by molar-refractivity contribution is 5.83. The highest BCUT2D eigenvalue weighted by atomic mass is 16.5. The van der Waals surface area contributed by atoms with E-state index in [9.17, 15) is 9.59 Å². The van der Waals surface area contributed by atoms with E-state index >= 15 is 0 Å². The summed E-state index contributed by atoms with van der Waals surface area (Å²) in [5, 5.41) is 7.21. The number of likely N-dealkylation sites (N-methyl/N-ethyl adjacent to an activating group) is 1. The Morgan fingerprint density at radius 2 is 1.92 bits per heavy atom. The van der Waals surface area contributed by atoms with Gasteiger partial charge in [0.25, 0.3) is 5.91 Å². The number of hydrogen-bond acceptors (Lipinski definition) is 4. The Hall–Kier alpha value is -2.63. The first-order chi connectivity index (χ1) is 11.9. The summed E-state index contributed by atoms with van der Waals surface area (Å²) in [4.78, 5) is 23.6. The van der Waals surface area contributed by atoms with Crippen molar-refractivity contribution in [2.45, 2.75) is 46.6 Å². The first-order valence-corrected chi connectivity index (χ1v) is 8.51. The lowest BCUT2D eigenvalue weighted by atomic mass is 10.1. The number of amides is 1.